The molecule has 0 radical (unpaired) electrons. The number of carbonyl (C=O) groups excluding carboxylic acids is 2. The monoisotopic (exact) mass is 494 g/mol. The first-order chi connectivity index (χ1) is 17.9. The standard InChI is InChI=1S/C30H30N4O3/c1-19-10-9-15-25(20(19)2)32-17-23-28(30(32)37)33(18-26(35)22-13-7-4-8-14-22)27-16-24(31-34(27)29(23)36)21-11-5-3-6-12-21/h3-8,11-14,16,19-20,25H,9-10,15,17-18H2,1-2H3. The number of hydrogen-bond acceptors (Lipinski definition) is 4. The lowest BCUT2D eigenvalue weighted by Gasteiger charge is -2.39. The summed E-state index contributed by atoms with van der Waals surface area (Å²) in [7, 11) is 0. The van der Waals surface area contributed by atoms with Crippen molar-refractivity contribution in [1.82, 2.24) is 19.1 Å². The summed E-state index contributed by atoms with van der Waals surface area (Å²) in [4.78, 5) is 42.9. The Balaban J connectivity index is 1.50. The summed E-state index contributed by atoms with van der Waals surface area (Å²) in [5.41, 5.74) is 2.97. The molecule has 6 rings (SSSR count). The van der Waals surface area contributed by atoms with Gasteiger partial charge in [-0.3, -0.25) is 14.4 Å². The van der Waals surface area contributed by atoms with Crippen molar-refractivity contribution in [2.24, 2.45) is 11.8 Å². The third kappa shape index (κ3) is 3.89. The van der Waals surface area contributed by atoms with Crippen molar-refractivity contribution in [3.8, 4) is 11.3 Å². The maximum absolute atomic E-state index is 14.0. The van der Waals surface area contributed by atoms with Crippen molar-refractivity contribution in [3.63, 3.8) is 0 Å². The predicted molar refractivity (Wildman–Crippen MR) is 142 cm³/mol. The zero-order valence-corrected chi connectivity index (χ0v) is 21.1. The molecule has 0 bridgehead atoms. The molecule has 2 aliphatic rings. The number of amides is 1. The number of hydrogen-bond donors (Lipinski definition) is 0. The molecule has 37 heavy (non-hydrogen) atoms. The highest BCUT2D eigenvalue weighted by atomic mass is 16.2. The fourth-order valence-electron chi connectivity index (χ4n) is 6.02. The van der Waals surface area contributed by atoms with E-state index in [1.165, 1.54) is 4.52 Å². The molecule has 3 atom stereocenters. The van der Waals surface area contributed by atoms with E-state index in [2.05, 4.69) is 18.9 Å². The van der Waals surface area contributed by atoms with E-state index >= 15 is 0 Å². The predicted octanol–water partition coefficient (Wildman–Crippen LogP) is 4.83. The summed E-state index contributed by atoms with van der Waals surface area (Å²) in [6.45, 7) is 4.65. The molecular formula is C30H30N4O3. The molecule has 4 aromatic rings. The van der Waals surface area contributed by atoms with Gasteiger partial charge in [0.1, 0.15) is 11.3 Å². The lowest BCUT2D eigenvalue weighted by atomic mass is 9.77. The van der Waals surface area contributed by atoms with Crippen LogP contribution in [0.5, 0.6) is 0 Å². The van der Waals surface area contributed by atoms with Gasteiger partial charge in [0.2, 0.25) is 0 Å². The first-order valence-corrected chi connectivity index (χ1v) is 13.0. The Morgan fingerprint density at radius 3 is 2.41 bits per heavy atom. The summed E-state index contributed by atoms with van der Waals surface area (Å²) < 4.78 is 3.08. The lowest BCUT2D eigenvalue weighted by Crippen LogP contribution is -2.44. The largest absolute Gasteiger partial charge is 0.329 e. The minimum Gasteiger partial charge on any atom is -0.329 e. The van der Waals surface area contributed by atoms with Gasteiger partial charge in [-0.2, -0.15) is 9.61 Å². The first-order valence-electron chi connectivity index (χ1n) is 13.0. The van der Waals surface area contributed by atoms with Gasteiger partial charge in [-0.05, 0) is 18.3 Å². The van der Waals surface area contributed by atoms with Gasteiger partial charge >= 0.3 is 0 Å². The highest BCUT2D eigenvalue weighted by Gasteiger charge is 2.42. The molecule has 188 valence electrons. The van der Waals surface area contributed by atoms with Gasteiger partial charge in [-0.1, -0.05) is 87.4 Å². The van der Waals surface area contributed by atoms with E-state index in [9.17, 15) is 14.4 Å². The van der Waals surface area contributed by atoms with Crippen LogP contribution in [0.15, 0.2) is 71.5 Å². The van der Waals surface area contributed by atoms with Crippen LogP contribution in [0, 0.1) is 11.8 Å². The van der Waals surface area contributed by atoms with Crippen molar-refractivity contribution in [2.45, 2.75) is 52.2 Å². The molecule has 3 unspecified atom stereocenters. The molecule has 2 aromatic carbocycles. The Hall–Kier alpha value is -4.00. The number of benzene rings is 2. The summed E-state index contributed by atoms with van der Waals surface area (Å²) in [5.74, 6) is 0.570. The zero-order valence-electron chi connectivity index (χ0n) is 21.1. The number of fused-ring (bicyclic) bond motifs is 2. The number of ketones is 1. The molecule has 1 aliphatic carbocycles. The second-order valence-corrected chi connectivity index (χ2v) is 10.4. The number of Topliss-reactive ketones (excluding diaryl/α,β-unsaturated/α-hetero) is 1. The number of nitrogens with zero attached hydrogens (tertiary/aromatic N) is 4. The second-order valence-electron chi connectivity index (χ2n) is 10.4. The van der Waals surface area contributed by atoms with E-state index in [-0.39, 0.29) is 36.4 Å². The van der Waals surface area contributed by atoms with Gasteiger partial charge in [0, 0.05) is 23.2 Å². The van der Waals surface area contributed by atoms with E-state index in [0.29, 0.717) is 40.0 Å². The number of aromatic nitrogens is 3. The van der Waals surface area contributed by atoms with Crippen molar-refractivity contribution in [1.29, 1.82) is 0 Å². The quantitative estimate of drug-likeness (QED) is 0.373. The van der Waals surface area contributed by atoms with Crippen LogP contribution < -0.4 is 5.56 Å². The van der Waals surface area contributed by atoms with Crippen LogP contribution in [-0.4, -0.2) is 36.8 Å². The zero-order chi connectivity index (χ0) is 25.7. The Labute approximate surface area is 215 Å². The summed E-state index contributed by atoms with van der Waals surface area (Å²) >= 11 is 0. The molecule has 0 spiro atoms. The third-order valence-corrected chi connectivity index (χ3v) is 8.30. The highest BCUT2D eigenvalue weighted by Crippen LogP contribution is 2.37. The molecule has 1 fully saturated rings. The molecule has 7 heteroatoms. The Morgan fingerprint density at radius 2 is 1.68 bits per heavy atom. The molecule has 2 aromatic heterocycles. The molecule has 1 aliphatic heterocycles. The first kappa shape index (κ1) is 23.4. The van der Waals surface area contributed by atoms with Gasteiger partial charge in [0.05, 0.1) is 24.3 Å². The Bertz CT molecular complexity index is 1550. The van der Waals surface area contributed by atoms with Gasteiger partial charge in [0.15, 0.2) is 5.78 Å². The van der Waals surface area contributed by atoms with Crippen LogP contribution in [0.1, 0.15) is 59.5 Å². The average molecular weight is 495 g/mol. The molecule has 7 nitrogen and oxygen atoms in total. The van der Waals surface area contributed by atoms with Crippen molar-refractivity contribution in [3.05, 3.63) is 93.9 Å². The summed E-state index contributed by atoms with van der Waals surface area (Å²) in [5, 5.41) is 4.63. The summed E-state index contributed by atoms with van der Waals surface area (Å²) in [6.07, 6.45) is 3.15. The van der Waals surface area contributed by atoms with Gasteiger partial charge in [0.25, 0.3) is 11.5 Å². The van der Waals surface area contributed by atoms with Gasteiger partial charge in [-0.25, -0.2) is 0 Å². The fourth-order valence-corrected chi connectivity index (χ4v) is 6.02. The van der Waals surface area contributed by atoms with E-state index in [1.54, 1.807) is 22.8 Å². The maximum atomic E-state index is 14.0. The molecule has 0 saturated heterocycles. The second kappa shape index (κ2) is 9.14. The van der Waals surface area contributed by atoms with E-state index in [1.807, 2.05) is 53.4 Å². The molecule has 1 amide bonds. The van der Waals surface area contributed by atoms with Crippen LogP contribution in [0.2, 0.25) is 0 Å². The normalized spacial score (nSPS) is 21.4. The highest BCUT2D eigenvalue weighted by molar-refractivity contribution is 6.00. The van der Waals surface area contributed by atoms with E-state index in [0.717, 1.165) is 24.8 Å². The Morgan fingerprint density at radius 1 is 0.973 bits per heavy atom. The molecular weight excluding hydrogens is 464 g/mol. The topological polar surface area (TPSA) is 76.7 Å². The van der Waals surface area contributed by atoms with E-state index < -0.39 is 0 Å². The van der Waals surface area contributed by atoms with E-state index in [4.69, 9.17) is 0 Å². The SMILES string of the molecule is CC1CCCC(N2Cc3c(n(CC(=O)c4ccccc4)c4cc(-c5ccccc5)nn4c3=O)C2=O)C1C. The van der Waals surface area contributed by atoms with Crippen LogP contribution >= 0.6 is 0 Å². The van der Waals surface area contributed by atoms with Crippen LogP contribution in [0.25, 0.3) is 16.9 Å². The minimum atomic E-state index is -0.289. The number of carbonyl (C=O) groups is 2. The van der Waals surface area contributed by atoms with Crippen molar-refractivity contribution < 1.29 is 9.59 Å². The number of rotatable bonds is 5. The molecule has 1 saturated carbocycles. The fraction of sp³-hybridized carbons (Fsp3) is 0.333. The van der Waals surface area contributed by atoms with Crippen molar-refractivity contribution in [2.75, 3.05) is 0 Å². The van der Waals surface area contributed by atoms with Crippen LogP contribution in [-0.2, 0) is 13.1 Å². The Kier molecular flexibility index (Phi) is 5.78. The van der Waals surface area contributed by atoms with Crippen molar-refractivity contribution >= 4 is 17.3 Å². The summed E-state index contributed by atoms with van der Waals surface area (Å²) in [6, 6.07) is 20.5. The maximum Gasteiger partial charge on any atom is 0.280 e. The smallest absolute Gasteiger partial charge is 0.280 e. The molecule has 0 N–H and O–H groups in total. The van der Waals surface area contributed by atoms with Gasteiger partial charge in [-0.15, -0.1) is 0 Å². The molecule has 3 heterocycles. The lowest BCUT2D eigenvalue weighted by molar-refractivity contribution is 0.0494. The average Bonchev–Trinajstić information content (AvgIpc) is 3.52. The third-order valence-electron chi connectivity index (χ3n) is 8.30. The van der Waals surface area contributed by atoms with Crippen LogP contribution in [0.3, 0.4) is 0 Å². The van der Waals surface area contributed by atoms with Crippen LogP contribution in [0.4, 0.5) is 0 Å². The van der Waals surface area contributed by atoms with Gasteiger partial charge < -0.3 is 9.47 Å². The minimum absolute atomic E-state index is 0.0494.